The Labute approximate surface area is 147 Å². The average molecular weight is 383 g/mol. The largest absolute Gasteiger partial charge is 0.356 e. The number of fused-ring (bicyclic) bond motifs is 1. The number of hydrogen-bond donors (Lipinski definition) is 2. The van der Waals surface area contributed by atoms with Crippen molar-refractivity contribution in [3.63, 3.8) is 0 Å². The molecule has 0 fully saturated rings. The molecule has 3 aromatic rings. The second kappa shape index (κ2) is 5.87. The lowest BCUT2D eigenvalue weighted by Crippen LogP contribution is -2.31. The summed E-state index contributed by atoms with van der Waals surface area (Å²) in [5.41, 5.74) is 5.39. The van der Waals surface area contributed by atoms with Gasteiger partial charge in [-0.1, -0.05) is 22.0 Å². The maximum Gasteiger partial charge on any atom is 0.253 e. The summed E-state index contributed by atoms with van der Waals surface area (Å²) in [5, 5.41) is 2.86. The highest BCUT2D eigenvalue weighted by Crippen LogP contribution is 2.26. The number of aromatic nitrogens is 3. The van der Waals surface area contributed by atoms with Gasteiger partial charge in [-0.15, -0.1) is 0 Å². The van der Waals surface area contributed by atoms with E-state index in [0.29, 0.717) is 17.9 Å². The molecule has 0 saturated carbocycles. The van der Waals surface area contributed by atoms with Crippen LogP contribution >= 0.6 is 15.9 Å². The summed E-state index contributed by atoms with van der Waals surface area (Å²) < 4.78 is 1.06. The zero-order valence-electron chi connectivity index (χ0n) is 13.1. The first-order chi connectivity index (χ1) is 11.6. The Kier molecular flexibility index (Phi) is 3.69. The molecule has 1 aliphatic heterocycles. The predicted molar refractivity (Wildman–Crippen MR) is 95.7 cm³/mol. The first-order valence-electron chi connectivity index (χ1n) is 7.72. The highest BCUT2D eigenvalue weighted by atomic mass is 79.9. The number of H-pyrrole nitrogens is 1. The van der Waals surface area contributed by atoms with Gasteiger partial charge in [-0.05, 0) is 36.8 Å². The number of carbonyl (C=O) groups excluding carboxylic acids is 1. The van der Waals surface area contributed by atoms with E-state index in [1.165, 1.54) is 0 Å². The molecule has 0 saturated heterocycles. The average Bonchev–Trinajstić information content (AvgIpc) is 3.03. The van der Waals surface area contributed by atoms with Gasteiger partial charge in [0.05, 0.1) is 17.0 Å². The van der Waals surface area contributed by atoms with Gasteiger partial charge in [-0.25, -0.2) is 9.97 Å². The molecule has 2 N–H and O–H groups in total. The number of rotatable bonds is 2. The van der Waals surface area contributed by atoms with Gasteiger partial charge in [0.2, 0.25) is 0 Å². The normalized spacial score (nSPS) is 13.5. The molecule has 1 aliphatic rings. The lowest BCUT2D eigenvalue weighted by atomic mass is 10.1. The van der Waals surface area contributed by atoms with Crippen molar-refractivity contribution in [1.82, 2.24) is 20.3 Å². The first kappa shape index (κ1) is 15.1. The van der Waals surface area contributed by atoms with E-state index < -0.39 is 0 Å². The molecule has 6 heteroatoms. The molecule has 0 unspecified atom stereocenters. The number of aryl methyl sites for hydroxylation is 1. The van der Waals surface area contributed by atoms with Crippen molar-refractivity contribution < 1.29 is 4.79 Å². The third-order valence-electron chi connectivity index (χ3n) is 4.15. The maximum atomic E-state index is 11.9. The van der Waals surface area contributed by atoms with Crippen LogP contribution in [-0.2, 0) is 6.42 Å². The number of halogens is 1. The van der Waals surface area contributed by atoms with Gasteiger partial charge in [0.1, 0.15) is 0 Å². The van der Waals surface area contributed by atoms with E-state index in [1.54, 1.807) is 6.20 Å². The Balaban J connectivity index is 1.75. The van der Waals surface area contributed by atoms with Crippen LogP contribution in [0.3, 0.4) is 0 Å². The van der Waals surface area contributed by atoms with E-state index in [1.807, 2.05) is 31.2 Å². The topological polar surface area (TPSA) is 70.7 Å². The monoisotopic (exact) mass is 382 g/mol. The van der Waals surface area contributed by atoms with Crippen LogP contribution < -0.4 is 5.32 Å². The van der Waals surface area contributed by atoms with E-state index in [-0.39, 0.29) is 5.91 Å². The van der Waals surface area contributed by atoms with Crippen molar-refractivity contribution in [2.45, 2.75) is 13.3 Å². The van der Waals surface area contributed by atoms with Crippen LogP contribution in [-0.4, -0.2) is 27.4 Å². The number of hydrogen-bond acceptors (Lipinski definition) is 3. The second-order valence-corrected chi connectivity index (χ2v) is 6.66. The summed E-state index contributed by atoms with van der Waals surface area (Å²) in [6.07, 6.45) is 2.56. The van der Waals surface area contributed by atoms with Crippen LogP contribution in [0.4, 0.5) is 0 Å². The molecule has 120 valence electrons. The molecule has 1 amide bonds. The Bertz CT molecular complexity index is 948. The van der Waals surface area contributed by atoms with E-state index >= 15 is 0 Å². The lowest BCUT2D eigenvalue weighted by molar-refractivity contribution is 0.0946. The summed E-state index contributed by atoms with van der Waals surface area (Å²) in [5.74, 6) is 0.636. The van der Waals surface area contributed by atoms with Crippen LogP contribution in [0, 0.1) is 6.92 Å². The Morgan fingerprint density at radius 3 is 2.88 bits per heavy atom. The minimum Gasteiger partial charge on any atom is -0.356 e. The molecular formula is C18H15BrN4O. The van der Waals surface area contributed by atoms with Crippen molar-refractivity contribution in [2.75, 3.05) is 6.54 Å². The quantitative estimate of drug-likeness (QED) is 0.712. The molecule has 2 aromatic heterocycles. The molecule has 4 rings (SSSR count). The minimum atomic E-state index is -0.0310. The number of benzene rings is 1. The highest BCUT2D eigenvalue weighted by molar-refractivity contribution is 9.10. The zero-order chi connectivity index (χ0) is 16.7. The van der Waals surface area contributed by atoms with Crippen molar-refractivity contribution in [2.24, 2.45) is 0 Å². The first-order valence-corrected chi connectivity index (χ1v) is 8.51. The summed E-state index contributed by atoms with van der Waals surface area (Å²) in [6.45, 7) is 2.70. The molecule has 0 bridgehead atoms. The van der Waals surface area contributed by atoms with Crippen LogP contribution in [0.25, 0.3) is 22.8 Å². The van der Waals surface area contributed by atoms with Gasteiger partial charge in [-0.3, -0.25) is 4.79 Å². The van der Waals surface area contributed by atoms with Gasteiger partial charge >= 0.3 is 0 Å². The van der Waals surface area contributed by atoms with Crippen molar-refractivity contribution >= 4 is 21.8 Å². The molecular weight excluding hydrogens is 368 g/mol. The predicted octanol–water partition coefficient (Wildman–Crippen LogP) is 3.50. The van der Waals surface area contributed by atoms with E-state index in [9.17, 15) is 4.79 Å². The number of aromatic amines is 1. The summed E-state index contributed by atoms with van der Waals surface area (Å²) in [7, 11) is 0. The van der Waals surface area contributed by atoms with Crippen LogP contribution in [0.5, 0.6) is 0 Å². The van der Waals surface area contributed by atoms with E-state index in [4.69, 9.17) is 0 Å². The summed E-state index contributed by atoms with van der Waals surface area (Å²) in [4.78, 5) is 24.3. The van der Waals surface area contributed by atoms with Crippen molar-refractivity contribution in [3.8, 4) is 22.8 Å². The molecule has 0 atom stereocenters. The highest BCUT2D eigenvalue weighted by Gasteiger charge is 2.20. The fourth-order valence-corrected chi connectivity index (χ4v) is 3.11. The number of nitrogens with zero attached hydrogens (tertiary/aromatic N) is 2. The van der Waals surface area contributed by atoms with E-state index in [2.05, 4.69) is 42.3 Å². The van der Waals surface area contributed by atoms with Crippen LogP contribution in [0.15, 0.2) is 41.0 Å². The standard InChI is InChI=1S/C18H15BrN4O/c1-10-8-11(2-3-13(10)19)17-20-6-5-15(23-17)16-9-12-14(22-16)4-7-21-18(12)24/h2-3,5-6,8-9,22H,4,7H2,1H3,(H,21,24). The van der Waals surface area contributed by atoms with Crippen LogP contribution in [0.1, 0.15) is 21.6 Å². The maximum absolute atomic E-state index is 11.9. The van der Waals surface area contributed by atoms with Crippen LogP contribution in [0.2, 0.25) is 0 Å². The Morgan fingerprint density at radius 1 is 1.21 bits per heavy atom. The molecule has 3 heterocycles. The molecule has 0 radical (unpaired) electrons. The minimum absolute atomic E-state index is 0.0310. The van der Waals surface area contributed by atoms with E-state index in [0.717, 1.165) is 39.1 Å². The van der Waals surface area contributed by atoms with Gasteiger partial charge in [0.15, 0.2) is 5.82 Å². The molecule has 24 heavy (non-hydrogen) atoms. The summed E-state index contributed by atoms with van der Waals surface area (Å²) in [6, 6.07) is 9.76. The third kappa shape index (κ3) is 2.63. The fraction of sp³-hybridized carbons (Fsp3) is 0.167. The Morgan fingerprint density at radius 2 is 2.08 bits per heavy atom. The molecule has 0 spiro atoms. The Hall–Kier alpha value is -2.47. The molecule has 1 aromatic carbocycles. The molecule has 0 aliphatic carbocycles. The smallest absolute Gasteiger partial charge is 0.253 e. The fourth-order valence-electron chi connectivity index (χ4n) is 2.86. The van der Waals surface area contributed by atoms with Crippen molar-refractivity contribution in [3.05, 3.63) is 57.8 Å². The number of carbonyl (C=O) groups is 1. The zero-order valence-corrected chi connectivity index (χ0v) is 14.6. The second-order valence-electron chi connectivity index (χ2n) is 5.81. The number of nitrogens with one attached hydrogen (secondary N) is 2. The third-order valence-corrected chi connectivity index (χ3v) is 5.04. The SMILES string of the molecule is Cc1cc(-c2nccc(-c3cc4c([nH]3)CCNC4=O)n2)ccc1Br. The van der Waals surface area contributed by atoms with Gasteiger partial charge < -0.3 is 10.3 Å². The van der Waals surface area contributed by atoms with Crippen molar-refractivity contribution in [1.29, 1.82) is 0 Å². The summed E-state index contributed by atoms with van der Waals surface area (Å²) >= 11 is 3.51. The number of amides is 1. The van der Waals surface area contributed by atoms with Gasteiger partial charge in [-0.2, -0.15) is 0 Å². The van der Waals surface area contributed by atoms with Gasteiger partial charge in [0, 0.05) is 34.9 Å². The lowest BCUT2D eigenvalue weighted by Gasteiger charge is -2.10. The molecule has 5 nitrogen and oxygen atoms in total. The van der Waals surface area contributed by atoms with Gasteiger partial charge in [0.25, 0.3) is 5.91 Å².